The van der Waals surface area contributed by atoms with E-state index in [2.05, 4.69) is 27.9 Å². The molecule has 1 heterocycles. The Morgan fingerprint density at radius 1 is 1.29 bits per heavy atom. The SMILES string of the molecule is COc1ccc2c([As])nc(C)cc2c1. The Morgan fingerprint density at radius 2 is 2.07 bits per heavy atom. The summed E-state index contributed by atoms with van der Waals surface area (Å²) in [6.45, 7) is 2.00. The molecule has 0 unspecified atom stereocenters. The average Bonchev–Trinajstić information content (AvgIpc) is 2.16. The molecule has 0 fully saturated rings. The van der Waals surface area contributed by atoms with E-state index in [0.29, 0.717) is 0 Å². The molecule has 2 rings (SSSR count). The van der Waals surface area contributed by atoms with E-state index in [0.717, 1.165) is 21.3 Å². The molecule has 0 aliphatic carbocycles. The van der Waals surface area contributed by atoms with Crippen molar-refractivity contribution in [2.75, 3.05) is 7.11 Å². The number of ether oxygens (including phenoxy) is 1. The topological polar surface area (TPSA) is 22.1 Å². The molecule has 0 amide bonds. The number of benzene rings is 1. The maximum atomic E-state index is 5.18. The molecule has 3 heteroatoms. The van der Waals surface area contributed by atoms with Gasteiger partial charge in [-0.05, 0) is 0 Å². The Kier molecular flexibility index (Phi) is 2.47. The molecule has 1 aromatic carbocycles. The third-order valence-corrected chi connectivity index (χ3v) is 2.86. The zero-order chi connectivity index (χ0) is 10.1. The van der Waals surface area contributed by atoms with E-state index in [1.807, 2.05) is 25.1 Å². The number of rotatable bonds is 1. The quantitative estimate of drug-likeness (QED) is 0.709. The molecule has 0 bridgehead atoms. The molecular weight excluding hydrogens is 237 g/mol. The molecule has 2 nitrogen and oxygen atoms in total. The summed E-state index contributed by atoms with van der Waals surface area (Å²) in [5.74, 6) is 0.884. The van der Waals surface area contributed by atoms with E-state index in [9.17, 15) is 0 Å². The molecule has 2 radical (unpaired) electrons. The number of fused-ring (bicyclic) bond motifs is 1. The summed E-state index contributed by atoms with van der Waals surface area (Å²) >= 11 is 2.50. The molecule has 0 N–H and O–H groups in total. The van der Waals surface area contributed by atoms with Crippen LogP contribution in [0.3, 0.4) is 0 Å². The number of aryl methyl sites for hydroxylation is 1. The molecule has 0 saturated carbocycles. The maximum absolute atomic E-state index is 5.18. The van der Waals surface area contributed by atoms with Gasteiger partial charge in [0.1, 0.15) is 0 Å². The van der Waals surface area contributed by atoms with Crippen LogP contribution in [0.4, 0.5) is 0 Å². The molecule has 0 atom stereocenters. The van der Waals surface area contributed by atoms with Gasteiger partial charge < -0.3 is 0 Å². The first-order chi connectivity index (χ1) is 6.70. The summed E-state index contributed by atoms with van der Waals surface area (Å²) < 4.78 is 6.19. The normalized spacial score (nSPS) is 10.5. The fourth-order valence-corrected chi connectivity index (χ4v) is 2.23. The van der Waals surface area contributed by atoms with Crippen LogP contribution in [0.2, 0.25) is 0 Å². The van der Waals surface area contributed by atoms with Crippen molar-refractivity contribution in [1.82, 2.24) is 4.98 Å². The molecule has 0 spiro atoms. The molecule has 0 saturated heterocycles. The Morgan fingerprint density at radius 3 is 2.79 bits per heavy atom. The van der Waals surface area contributed by atoms with Crippen molar-refractivity contribution in [2.45, 2.75) is 6.92 Å². The van der Waals surface area contributed by atoms with E-state index in [-0.39, 0.29) is 0 Å². The van der Waals surface area contributed by atoms with Gasteiger partial charge in [0.15, 0.2) is 0 Å². The molecule has 14 heavy (non-hydrogen) atoms. The van der Waals surface area contributed by atoms with Gasteiger partial charge in [0.2, 0.25) is 0 Å². The minimum absolute atomic E-state index is 0.884. The molecule has 0 aliphatic rings. The van der Waals surface area contributed by atoms with Crippen molar-refractivity contribution in [2.24, 2.45) is 0 Å². The van der Waals surface area contributed by atoms with Gasteiger partial charge in [0.25, 0.3) is 0 Å². The van der Waals surface area contributed by atoms with Crippen LogP contribution in [0.5, 0.6) is 5.75 Å². The molecule has 2 aromatic rings. The van der Waals surface area contributed by atoms with Crippen molar-refractivity contribution < 1.29 is 4.74 Å². The number of hydrogen-bond donors (Lipinski definition) is 0. The van der Waals surface area contributed by atoms with Gasteiger partial charge in [0, 0.05) is 0 Å². The van der Waals surface area contributed by atoms with Crippen molar-refractivity contribution in [3.8, 4) is 5.75 Å². The number of aromatic nitrogens is 1. The summed E-state index contributed by atoms with van der Waals surface area (Å²) in [4.78, 5) is 4.39. The second-order valence-corrected chi connectivity index (χ2v) is 4.06. The number of hydrogen-bond acceptors (Lipinski definition) is 2. The van der Waals surface area contributed by atoms with Crippen LogP contribution in [0.25, 0.3) is 10.8 Å². The minimum atomic E-state index is 0.884. The summed E-state index contributed by atoms with van der Waals surface area (Å²) in [7, 11) is 1.68. The van der Waals surface area contributed by atoms with Crippen LogP contribution in [-0.2, 0) is 0 Å². The van der Waals surface area contributed by atoms with E-state index in [1.165, 1.54) is 5.39 Å². The summed E-state index contributed by atoms with van der Waals surface area (Å²) in [6.07, 6.45) is 0. The van der Waals surface area contributed by atoms with Gasteiger partial charge in [-0.15, -0.1) is 0 Å². The van der Waals surface area contributed by atoms with Crippen LogP contribution in [-0.4, -0.2) is 28.9 Å². The van der Waals surface area contributed by atoms with E-state index in [4.69, 9.17) is 4.74 Å². The first-order valence-electron chi connectivity index (χ1n) is 4.35. The third-order valence-electron chi connectivity index (χ3n) is 2.15. The van der Waals surface area contributed by atoms with Gasteiger partial charge in [-0.2, -0.15) is 0 Å². The van der Waals surface area contributed by atoms with E-state index >= 15 is 0 Å². The summed E-state index contributed by atoms with van der Waals surface area (Å²) in [6, 6.07) is 8.08. The Balaban J connectivity index is 2.75. The number of methoxy groups -OCH3 is 1. The monoisotopic (exact) mass is 247 g/mol. The third kappa shape index (κ3) is 1.62. The zero-order valence-corrected chi connectivity index (χ0v) is 9.99. The first-order valence-corrected chi connectivity index (χ1v) is 5.29. The van der Waals surface area contributed by atoms with Gasteiger partial charge >= 0.3 is 91.6 Å². The van der Waals surface area contributed by atoms with Crippen molar-refractivity contribution in [1.29, 1.82) is 0 Å². The van der Waals surface area contributed by atoms with Crippen LogP contribution in [0.1, 0.15) is 5.69 Å². The Bertz CT molecular complexity index is 482. The van der Waals surface area contributed by atoms with Gasteiger partial charge in [-0.1, -0.05) is 0 Å². The van der Waals surface area contributed by atoms with Crippen LogP contribution < -0.4 is 9.22 Å². The molecule has 1 aromatic heterocycles. The predicted octanol–water partition coefficient (Wildman–Crippen LogP) is 1.35. The number of pyridine rings is 1. The van der Waals surface area contributed by atoms with E-state index in [1.54, 1.807) is 7.11 Å². The summed E-state index contributed by atoms with van der Waals surface area (Å²) in [5.41, 5.74) is 1.03. The first kappa shape index (κ1) is 9.54. The van der Waals surface area contributed by atoms with Crippen molar-refractivity contribution >= 4 is 32.1 Å². The molecule has 70 valence electrons. The zero-order valence-electron chi connectivity index (χ0n) is 8.11. The van der Waals surface area contributed by atoms with Crippen molar-refractivity contribution in [3.63, 3.8) is 0 Å². The standard InChI is InChI=1S/C11H10AsNO/c1-7-5-8-6-9(14-2)3-4-10(8)11(12)13-7/h3-6H,1-2H3. The van der Waals surface area contributed by atoms with Crippen molar-refractivity contribution in [3.05, 3.63) is 30.0 Å². The fourth-order valence-electron chi connectivity index (χ4n) is 1.48. The van der Waals surface area contributed by atoms with Crippen LogP contribution in [0, 0.1) is 6.92 Å². The van der Waals surface area contributed by atoms with Gasteiger partial charge in [-0.25, -0.2) is 0 Å². The second kappa shape index (κ2) is 3.62. The fraction of sp³-hybridized carbons (Fsp3) is 0.182. The predicted molar refractivity (Wildman–Crippen MR) is 58.4 cm³/mol. The van der Waals surface area contributed by atoms with Crippen LogP contribution >= 0.6 is 0 Å². The molecular formula is C11H10AsNO. The Hall–Kier alpha value is -1.01. The average molecular weight is 247 g/mol. The summed E-state index contributed by atoms with van der Waals surface area (Å²) in [5, 5.41) is 2.34. The van der Waals surface area contributed by atoms with Gasteiger partial charge in [-0.3, -0.25) is 0 Å². The Labute approximate surface area is 91.8 Å². The van der Waals surface area contributed by atoms with Crippen LogP contribution in [0.15, 0.2) is 24.3 Å². The second-order valence-electron chi connectivity index (χ2n) is 3.17. The van der Waals surface area contributed by atoms with E-state index < -0.39 is 0 Å². The number of nitrogens with zero attached hydrogens (tertiary/aromatic N) is 1. The molecule has 0 aliphatic heterocycles. The van der Waals surface area contributed by atoms with Gasteiger partial charge in [0.05, 0.1) is 0 Å².